The summed E-state index contributed by atoms with van der Waals surface area (Å²) >= 11 is 0.462. The van der Waals surface area contributed by atoms with Crippen LogP contribution in [0.15, 0.2) is 21.8 Å². The molecule has 0 N–H and O–H groups in total. The van der Waals surface area contributed by atoms with Gasteiger partial charge in [-0.25, -0.2) is 31.0 Å². The molecule has 4 rings (SSSR count). The lowest BCUT2D eigenvalue weighted by molar-refractivity contribution is 0.150. The Hall–Kier alpha value is -2.28. The topological polar surface area (TPSA) is 86.8 Å². The van der Waals surface area contributed by atoms with Gasteiger partial charge in [0.05, 0.1) is 23.5 Å². The van der Waals surface area contributed by atoms with Crippen LogP contribution < -0.4 is 5.69 Å². The van der Waals surface area contributed by atoms with Gasteiger partial charge in [0, 0.05) is 18.5 Å². The maximum atomic E-state index is 14.6. The SMILES string of the molecule is Cn1c(=O)n(-c2nnc(C(F)F)s2)c2cc(S(=O)(=O)CC3(CF)CC3)c(F)cc21. The molecule has 0 spiro atoms. The number of halogens is 4. The smallest absolute Gasteiger partial charge is 0.295 e. The maximum absolute atomic E-state index is 14.6. The van der Waals surface area contributed by atoms with Gasteiger partial charge in [-0.1, -0.05) is 11.3 Å². The number of benzene rings is 1. The Kier molecular flexibility index (Phi) is 4.57. The monoisotopic (exact) mass is 450 g/mol. The average Bonchev–Trinajstić information content (AvgIpc) is 3.16. The van der Waals surface area contributed by atoms with Gasteiger partial charge >= 0.3 is 5.69 Å². The van der Waals surface area contributed by atoms with E-state index in [-0.39, 0.29) is 16.2 Å². The van der Waals surface area contributed by atoms with E-state index < -0.39 is 55.5 Å². The van der Waals surface area contributed by atoms with E-state index >= 15 is 0 Å². The zero-order valence-electron chi connectivity index (χ0n) is 14.9. The summed E-state index contributed by atoms with van der Waals surface area (Å²) < 4.78 is 80.9. The van der Waals surface area contributed by atoms with E-state index in [0.717, 1.165) is 21.3 Å². The molecule has 2 heterocycles. The first-order valence-corrected chi connectivity index (χ1v) is 10.9. The van der Waals surface area contributed by atoms with Gasteiger partial charge in [-0.3, -0.25) is 8.96 Å². The molecule has 0 atom stereocenters. The quantitative estimate of drug-likeness (QED) is 0.539. The van der Waals surface area contributed by atoms with Crippen molar-refractivity contribution >= 4 is 32.2 Å². The molecular weight excluding hydrogens is 436 g/mol. The van der Waals surface area contributed by atoms with Gasteiger partial charge in [0.25, 0.3) is 6.43 Å². The van der Waals surface area contributed by atoms with Crippen LogP contribution in [0.25, 0.3) is 16.2 Å². The third kappa shape index (κ3) is 3.25. The first-order valence-electron chi connectivity index (χ1n) is 8.40. The fourth-order valence-corrected chi connectivity index (χ4v) is 5.82. The van der Waals surface area contributed by atoms with E-state index in [9.17, 15) is 30.8 Å². The van der Waals surface area contributed by atoms with Crippen molar-refractivity contribution in [3.8, 4) is 5.13 Å². The number of nitrogens with zero attached hydrogens (tertiary/aromatic N) is 4. The summed E-state index contributed by atoms with van der Waals surface area (Å²) in [6.07, 6.45) is -2.11. The van der Waals surface area contributed by atoms with Gasteiger partial charge in [-0.05, 0) is 18.9 Å². The van der Waals surface area contributed by atoms with Crippen molar-refractivity contribution in [1.29, 1.82) is 0 Å². The van der Waals surface area contributed by atoms with E-state index in [1.165, 1.54) is 7.05 Å². The minimum atomic E-state index is -4.19. The van der Waals surface area contributed by atoms with Gasteiger partial charge in [0.15, 0.2) is 14.8 Å². The van der Waals surface area contributed by atoms with Crippen LogP contribution in [0.4, 0.5) is 17.6 Å². The number of rotatable bonds is 6. The summed E-state index contributed by atoms with van der Waals surface area (Å²) in [6.45, 7) is -0.826. The van der Waals surface area contributed by atoms with Crippen molar-refractivity contribution in [3.05, 3.63) is 33.4 Å². The Labute approximate surface area is 165 Å². The maximum Gasteiger partial charge on any atom is 0.335 e. The number of hydrogen-bond donors (Lipinski definition) is 0. The average molecular weight is 450 g/mol. The molecule has 1 saturated carbocycles. The van der Waals surface area contributed by atoms with E-state index in [2.05, 4.69) is 10.2 Å². The number of sulfone groups is 1. The second-order valence-corrected chi connectivity index (χ2v) is 10.0. The van der Waals surface area contributed by atoms with Crippen molar-refractivity contribution in [1.82, 2.24) is 19.3 Å². The molecule has 0 unspecified atom stereocenters. The van der Waals surface area contributed by atoms with Crippen molar-refractivity contribution in [2.24, 2.45) is 12.5 Å². The Bertz CT molecular complexity index is 1280. The van der Waals surface area contributed by atoms with Crippen molar-refractivity contribution in [2.75, 3.05) is 12.4 Å². The zero-order valence-corrected chi connectivity index (χ0v) is 16.5. The second kappa shape index (κ2) is 6.62. The third-order valence-corrected chi connectivity index (χ3v) is 7.88. The molecule has 156 valence electrons. The van der Waals surface area contributed by atoms with Crippen molar-refractivity contribution in [3.63, 3.8) is 0 Å². The Morgan fingerprint density at radius 2 is 1.93 bits per heavy atom. The summed E-state index contributed by atoms with van der Waals surface area (Å²) in [7, 11) is -2.87. The molecule has 13 heteroatoms. The lowest BCUT2D eigenvalue weighted by atomic mass is 10.2. The summed E-state index contributed by atoms with van der Waals surface area (Å²) in [4.78, 5) is 11.9. The normalized spacial score (nSPS) is 16.1. The highest BCUT2D eigenvalue weighted by Gasteiger charge is 2.47. The number of fused-ring (bicyclic) bond motifs is 1. The molecule has 1 aliphatic rings. The molecule has 0 amide bonds. The molecule has 0 aliphatic heterocycles. The predicted octanol–water partition coefficient (Wildman–Crippen LogP) is 2.78. The summed E-state index contributed by atoms with van der Waals surface area (Å²) in [5, 5.41) is 6.08. The number of aryl methyl sites for hydroxylation is 1. The van der Waals surface area contributed by atoms with Crippen LogP contribution >= 0.6 is 11.3 Å². The fourth-order valence-electron chi connectivity index (χ4n) is 3.14. The molecule has 1 aromatic carbocycles. The van der Waals surface area contributed by atoms with Crippen molar-refractivity contribution in [2.45, 2.75) is 24.2 Å². The Morgan fingerprint density at radius 1 is 1.24 bits per heavy atom. The van der Waals surface area contributed by atoms with E-state index in [1.54, 1.807) is 0 Å². The molecular formula is C16H14F4N4O3S2. The van der Waals surface area contributed by atoms with Crippen LogP contribution in [0.2, 0.25) is 0 Å². The second-order valence-electron chi connectivity index (χ2n) is 7.06. The largest absolute Gasteiger partial charge is 0.335 e. The molecule has 29 heavy (non-hydrogen) atoms. The van der Waals surface area contributed by atoms with Gasteiger partial charge in [-0.2, -0.15) is 0 Å². The predicted molar refractivity (Wildman–Crippen MR) is 96.6 cm³/mol. The Balaban J connectivity index is 1.91. The molecule has 0 saturated heterocycles. The number of hydrogen-bond acceptors (Lipinski definition) is 6. The van der Waals surface area contributed by atoms with Gasteiger partial charge in [0.2, 0.25) is 5.13 Å². The lowest BCUT2D eigenvalue weighted by Crippen LogP contribution is -2.21. The minimum Gasteiger partial charge on any atom is -0.295 e. The van der Waals surface area contributed by atoms with E-state index in [1.807, 2.05) is 0 Å². The van der Waals surface area contributed by atoms with Crippen LogP contribution in [0, 0.1) is 11.2 Å². The van der Waals surface area contributed by atoms with Gasteiger partial charge in [0.1, 0.15) is 10.7 Å². The van der Waals surface area contributed by atoms with E-state index in [0.29, 0.717) is 24.2 Å². The fraction of sp³-hybridized carbons (Fsp3) is 0.438. The zero-order chi connectivity index (χ0) is 21.1. The Morgan fingerprint density at radius 3 is 2.48 bits per heavy atom. The van der Waals surface area contributed by atoms with Crippen molar-refractivity contribution < 1.29 is 26.0 Å². The van der Waals surface area contributed by atoms with E-state index in [4.69, 9.17) is 0 Å². The number of imidazole rings is 1. The molecule has 1 aliphatic carbocycles. The van der Waals surface area contributed by atoms with Gasteiger partial charge in [-0.15, -0.1) is 10.2 Å². The lowest BCUT2D eigenvalue weighted by Gasteiger charge is -2.12. The summed E-state index contributed by atoms with van der Waals surface area (Å²) in [6, 6.07) is 1.84. The molecule has 3 aromatic rings. The van der Waals surface area contributed by atoms with Crippen LogP contribution in [0.5, 0.6) is 0 Å². The van der Waals surface area contributed by atoms with Gasteiger partial charge < -0.3 is 0 Å². The highest BCUT2D eigenvalue weighted by atomic mass is 32.2. The van der Waals surface area contributed by atoms with Crippen LogP contribution in [-0.4, -0.2) is 40.2 Å². The van der Waals surface area contributed by atoms with Crippen LogP contribution in [0.3, 0.4) is 0 Å². The molecule has 0 bridgehead atoms. The number of alkyl halides is 3. The molecule has 7 nitrogen and oxygen atoms in total. The third-order valence-electron chi connectivity index (χ3n) is 4.99. The minimum absolute atomic E-state index is 0.0282. The summed E-state index contributed by atoms with van der Waals surface area (Å²) in [5.74, 6) is -1.63. The van der Waals surface area contributed by atoms with Crippen LogP contribution in [0.1, 0.15) is 24.3 Å². The molecule has 1 fully saturated rings. The standard InChI is InChI=1S/C16H14F4N4O3S2/c1-23-9-4-8(18)11(29(26,27)7-16(6-17)2-3-16)5-10(9)24(15(23)25)14-22-21-13(28-14)12(19)20/h4-5,12H,2-3,6-7H2,1H3. The first kappa shape index (κ1) is 20.0. The summed E-state index contributed by atoms with van der Waals surface area (Å²) in [5.41, 5.74) is -1.71. The first-order chi connectivity index (χ1) is 13.6. The molecule has 2 aromatic heterocycles. The molecule has 0 radical (unpaired) electrons. The highest BCUT2D eigenvalue weighted by Crippen LogP contribution is 2.48. The van der Waals surface area contributed by atoms with Crippen LogP contribution in [-0.2, 0) is 16.9 Å². The number of aromatic nitrogens is 4. The highest BCUT2D eigenvalue weighted by molar-refractivity contribution is 7.91.